The molecule has 1 saturated heterocycles. The molecule has 0 aromatic heterocycles. The lowest BCUT2D eigenvalue weighted by atomic mass is 9.79. The number of anilines is 1. The third kappa shape index (κ3) is 1.54. The number of ether oxygens (including phenoxy) is 1. The SMILES string of the molecule is Cc1ccccc1NC(=O)C1C2CC3OC(=O)C1C3C2. The van der Waals surface area contributed by atoms with Gasteiger partial charge in [0.05, 0.1) is 11.8 Å². The Morgan fingerprint density at radius 3 is 2.90 bits per heavy atom. The topological polar surface area (TPSA) is 55.4 Å². The number of para-hydroxylation sites is 1. The Labute approximate surface area is 117 Å². The lowest BCUT2D eigenvalue weighted by molar-refractivity contribution is -0.145. The molecule has 104 valence electrons. The highest BCUT2D eigenvalue weighted by Crippen LogP contribution is 2.57. The molecule has 4 rings (SSSR count). The fourth-order valence-corrected chi connectivity index (χ4v) is 4.29. The summed E-state index contributed by atoms with van der Waals surface area (Å²) < 4.78 is 5.37. The molecule has 5 atom stereocenters. The molecule has 1 heterocycles. The Balaban J connectivity index is 1.58. The van der Waals surface area contributed by atoms with Crippen molar-refractivity contribution in [3.05, 3.63) is 29.8 Å². The van der Waals surface area contributed by atoms with Crippen LogP contribution >= 0.6 is 0 Å². The molecule has 1 aromatic rings. The van der Waals surface area contributed by atoms with E-state index in [4.69, 9.17) is 4.74 Å². The maximum atomic E-state index is 12.6. The van der Waals surface area contributed by atoms with Crippen molar-refractivity contribution in [1.29, 1.82) is 0 Å². The van der Waals surface area contributed by atoms with Crippen LogP contribution in [0.3, 0.4) is 0 Å². The highest BCUT2D eigenvalue weighted by atomic mass is 16.6. The summed E-state index contributed by atoms with van der Waals surface area (Å²) in [6, 6.07) is 7.72. The number of amides is 1. The summed E-state index contributed by atoms with van der Waals surface area (Å²) in [4.78, 5) is 24.5. The van der Waals surface area contributed by atoms with Gasteiger partial charge in [0.1, 0.15) is 6.10 Å². The molecular formula is C16H17NO3. The molecule has 20 heavy (non-hydrogen) atoms. The maximum absolute atomic E-state index is 12.6. The van der Waals surface area contributed by atoms with E-state index in [1.54, 1.807) is 0 Å². The van der Waals surface area contributed by atoms with Crippen LogP contribution in [0.15, 0.2) is 24.3 Å². The van der Waals surface area contributed by atoms with Gasteiger partial charge in [-0.25, -0.2) is 0 Å². The second kappa shape index (κ2) is 4.08. The maximum Gasteiger partial charge on any atom is 0.310 e. The zero-order valence-corrected chi connectivity index (χ0v) is 11.3. The second-order valence-corrected chi connectivity index (χ2v) is 6.23. The summed E-state index contributed by atoms with van der Waals surface area (Å²) in [5.41, 5.74) is 1.87. The summed E-state index contributed by atoms with van der Waals surface area (Å²) in [6.45, 7) is 1.97. The standard InChI is InChI=1S/C16H17NO3/c1-8-4-2-3-5-11(8)17-15(18)13-9-6-10-12(7-9)20-16(19)14(10)13/h2-5,9-10,12-14H,6-7H2,1H3,(H,17,18). The number of fused-ring (bicyclic) bond motifs is 1. The first-order chi connectivity index (χ1) is 9.65. The van der Waals surface area contributed by atoms with Crippen LogP contribution in [0.25, 0.3) is 0 Å². The third-order valence-corrected chi connectivity index (χ3v) is 5.19. The number of carbonyl (C=O) groups excluding carboxylic acids is 2. The first-order valence-corrected chi connectivity index (χ1v) is 7.22. The van der Waals surface area contributed by atoms with E-state index in [9.17, 15) is 9.59 Å². The Kier molecular flexibility index (Phi) is 2.43. The predicted molar refractivity (Wildman–Crippen MR) is 72.9 cm³/mol. The third-order valence-electron chi connectivity index (χ3n) is 5.19. The molecule has 3 aliphatic rings. The Morgan fingerprint density at radius 2 is 2.10 bits per heavy atom. The van der Waals surface area contributed by atoms with Gasteiger partial charge in [-0.3, -0.25) is 9.59 Å². The van der Waals surface area contributed by atoms with E-state index in [-0.39, 0.29) is 35.7 Å². The smallest absolute Gasteiger partial charge is 0.310 e. The number of hydrogen-bond acceptors (Lipinski definition) is 3. The van der Waals surface area contributed by atoms with Gasteiger partial charge in [-0.05, 0) is 37.3 Å². The van der Waals surface area contributed by atoms with E-state index in [0.717, 1.165) is 24.1 Å². The number of aryl methyl sites for hydroxylation is 1. The molecule has 1 aromatic carbocycles. The normalized spacial score (nSPS) is 37.0. The Hall–Kier alpha value is -1.84. The fourth-order valence-electron chi connectivity index (χ4n) is 4.29. The van der Waals surface area contributed by atoms with E-state index in [1.165, 1.54) is 0 Å². The minimum atomic E-state index is -0.206. The highest BCUT2D eigenvalue weighted by Gasteiger charge is 2.63. The van der Waals surface area contributed by atoms with Crippen LogP contribution < -0.4 is 5.32 Å². The number of carbonyl (C=O) groups is 2. The number of hydrogen-bond donors (Lipinski definition) is 1. The largest absolute Gasteiger partial charge is 0.462 e. The Morgan fingerprint density at radius 1 is 1.30 bits per heavy atom. The molecule has 0 radical (unpaired) electrons. The van der Waals surface area contributed by atoms with Gasteiger partial charge in [0, 0.05) is 11.6 Å². The average Bonchev–Trinajstić information content (AvgIpc) is 3.02. The van der Waals surface area contributed by atoms with Crippen LogP contribution in [-0.2, 0) is 14.3 Å². The van der Waals surface area contributed by atoms with Crippen LogP contribution in [0.2, 0.25) is 0 Å². The summed E-state index contributed by atoms with van der Waals surface area (Å²) in [5, 5.41) is 2.99. The van der Waals surface area contributed by atoms with Crippen LogP contribution in [0, 0.1) is 30.6 Å². The number of benzene rings is 1. The first kappa shape index (κ1) is 11.9. The average molecular weight is 271 g/mol. The zero-order chi connectivity index (χ0) is 13.9. The van der Waals surface area contributed by atoms with Crippen LogP contribution in [0.5, 0.6) is 0 Å². The predicted octanol–water partition coefficient (Wildman–Crippen LogP) is 2.13. The van der Waals surface area contributed by atoms with E-state index >= 15 is 0 Å². The van der Waals surface area contributed by atoms with Crippen molar-refractivity contribution in [3.8, 4) is 0 Å². The van der Waals surface area contributed by atoms with Crippen molar-refractivity contribution < 1.29 is 14.3 Å². The molecule has 2 bridgehead atoms. The molecular weight excluding hydrogens is 254 g/mol. The van der Waals surface area contributed by atoms with E-state index in [1.807, 2.05) is 31.2 Å². The summed E-state index contributed by atoms with van der Waals surface area (Å²) in [5.74, 6) is -0.00162. The summed E-state index contributed by atoms with van der Waals surface area (Å²) in [6.07, 6.45) is 1.91. The molecule has 2 saturated carbocycles. The number of rotatable bonds is 2. The van der Waals surface area contributed by atoms with Crippen LogP contribution in [-0.4, -0.2) is 18.0 Å². The van der Waals surface area contributed by atoms with Crippen molar-refractivity contribution in [1.82, 2.24) is 0 Å². The molecule has 4 nitrogen and oxygen atoms in total. The first-order valence-electron chi connectivity index (χ1n) is 7.22. The van der Waals surface area contributed by atoms with Gasteiger partial charge >= 0.3 is 5.97 Å². The highest BCUT2D eigenvalue weighted by molar-refractivity contribution is 5.97. The molecule has 1 N–H and O–H groups in total. The summed E-state index contributed by atoms with van der Waals surface area (Å²) in [7, 11) is 0. The minimum Gasteiger partial charge on any atom is -0.462 e. The van der Waals surface area contributed by atoms with Gasteiger partial charge in [0.15, 0.2) is 0 Å². The lowest BCUT2D eigenvalue weighted by Gasteiger charge is -2.23. The molecule has 1 amide bonds. The van der Waals surface area contributed by atoms with Crippen molar-refractivity contribution in [3.63, 3.8) is 0 Å². The molecule has 4 heteroatoms. The second-order valence-electron chi connectivity index (χ2n) is 6.23. The molecule has 5 unspecified atom stereocenters. The quantitative estimate of drug-likeness (QED) is 0.838. The van der Waals surface area contributed by atoms with Gasteiger partial charge < -0.3 is 10.1 Å². The summed E-state index contributed by atoms with van der Waals surface area (Å²) >= 11 is 0. The lowest BCUT2D eigenvalue weighted by Crippen LogP contribution is -2.36. The molecule has 3 fully saturated rings. The molecule has 0 spiro atoms. The molecule has 1 aliphatic heterocycles. The van der Waals surface area contributed by atoms with Gasteiger partial charge in [0.2, 0.25) is 5.91 Å². The zero-order valence-electron chi connectivity index (χ0n) is 11.3. The van der Waals surface area contributed by atoms with Gasteiger partial charge in [-0.2, -0.15) is 0 Å². The van der Waals surface area contributed by atoms with E-state index in [2.05, 4.69) is 5.32 Å². The van der Waals surface area contributed by atoms with Crippen molar-refractivity contribution >= 4 is 17.6 Å². The van der Waals surface area contributed by atoms with Crippen molar-refractivity contribution in [2.75, 3.05) is 5.32 Å². The van der Waals surface area contributed by atoms with Gasteiger partial charge in [-0.1, -0.05) is 18.2 Å². The van der Waals surface area contributed by atoms with Gasteiger partial charge in [-0.15, -0.1) is 0 Å². The van der Waals surface area contributed by atoms with Gasteiger partial charge in [0.25, 0.3) is 0 Å². The molecule has 2 aliphatic carbocycles. The number of nitrogens with one attached hydrogen (secondary N) is 1. The van der Waals surface area contributed by atoms with Crippen LogP contribution in [0.4, 0.5) is 5.69 Å². The van der Waals surface area contributed by atoms with Crippen molar-refractivity contribution in [2.24, 2.45) is 23.7 Å². The number of esters is 1. The minimum absolute atomic E-state index is 0.0194. The van der Waals surface area contributed by atoms with E-state index in [0.29, 0.717) is 5.92 Å². The van der Waals surface area contributed by atoms with Crippen molar-refractivity contribution in [2.45, 2.75) is 25.9 Å². The van der Waals surface area contributed by atoms with Crippen LogP contribution in [0.1, 0.15) is 18.4 Å². The van der Waals surface area contributed by atoms with E-state index < -0.39 is 0 Å². The fraction of sp³-hybridized carbons (Fsp3) is 0.500. The Bertz CT molecular complexity index is 595. The monoisotopic (exact) mass is 271 g/mol.